The summed E-state index contributed by atoms with van der Waals surface area (Å²) in [5.41, 5.74) is 0.263. The Balaban J connectivity index is 2.56. The molecule has 0 aliphatic carbocycles. The minimum atomic E-state index is -4.34. The summed E-state index contributed by atoms with van der Waals surface area (Å²) in [5, 5.41) is 13.1. The highest BCUT2D eigenvalue weighted by Gasteiger charge is 2.26. The van der Waals surface area contributed by atoms with Gasteiger partial charge in [0, 0.05) is 11.0 Å². The van der Waals surface area contributed by atoms with E-state index in [1.165, 1.54) is 18.2 Å². The maximum absolute atomic E-state index is 11.9. The largest absolute Gasteiger partial charge is 0.478 e. The number of rotatable bonds is 4. The van der Waals surface area contributed by atoms with Crippen molar-refractivity contribution in [1.29, 1.82) is 0 Å². The maximum Gasteiger partial charge on any atom is 0.390 e. The topological polar surface area (TPSA) is 78.4 Å². The molecule has 0 spiro atoms. The van der Waals surface area contributed by atoms with E-state index in [1.807, 2.05) is 5.32 Å². The first-order valence-electron chi connectivity index (χ1n) is 5.33. The summed E-state index contributed by atoms with van der Waals surface area (Å²) in [6.45, 7) is -0.542. The summed E-state index contributed by atoms with van der Waals surface area (Å²) < 4.78 is 36.0. The highest BCUT2D eigenvalue weighted by molar-refractivity contribution is 9.10. The quantitative estimate of drug-likeness (QED) is 0.776. The first-order chi connectivity index (χ1) is 9.19. The van der Waals surface area contributed by atoms with Crippen LogP contribution in [-0.2, 0) is 0 Å². The molecule has 0 atom stereocenters. The fourth-order valence-corrected chi connectivity index (χ4v) is 1.71. The zero-order valence-corrected chi connectivity index (χ0v) is 11.5. The molecule has 1 aromatic rings. The molecule has 0 saturated heterocycles. The normalized spacial score (nSPS) is 11.0. The van der Waals surface area contributed by atoms with E-state index >= 15 is 0 Å². The van der Waals surface area contributed by atoms with Crippen LogP contribution in [0.2, 0.25) is 0 Å². The summed E-state index contributed by atoms with van der Waals surface area (Å²) in [6, 6.07) is 3.06. The van der Waals surface area contributed by atoms with Gasteiger partial charge in [-0.1, -0.05) is 0 Å². The lowest BCUT2D eigenvalue weighted by Crippen LogP contribution is -2.31. The Morgan fingerprint density at radius 3 is 2.45 bits per heavy atom. The van der Waals surface area contributed by atoms with Crippen LogP contribution >= 0.6 is 15.9 Å². The Kier molecular flexibility index (Phi) is 5.37. The fraction of sp³-hybridized carbons (Fsp3) is 0.273. The van der Waals surface area contributed by atoms with E-state index in [4.69, 9.17) is 5.11 Å². The van der Waals surface area contributed by atoms with Gasteiger partial charge in [0.2, 0.25) is 0 Å². The Bertz CT molecular complexity index is 520. The van der Waals surface area contributed by atoms with Gasteiger partial charge in [-0.05, 0) is 34.1 Å². The van der Waals surface area contributed by atoms with E-state index in [2.05, 4.69) is 21.2 Å². The van der Waals surface area contributed by atoms with Gasteiger partial charge in [-0.25, -0.2) is 9.59 Å². The van der Waals surface area contributed by atoms with Gasteiger partial charge in [-0.15, -0.1) is 0 Å². The first kappa shape index (κ1) is 16.3. The number of amides is 2. The van der Waals surface area contributed by atoms with Crippen LogP contribution in [0.3, 0.4) is 0 Å². The van der Waals surface area contributed by atoms with Gasteiger partial charge < -0.3 is 15.7 Å². The minimum absolute atomic E-state index is 0.0138. The second-order valence-corrected chi connectivity index (χ2v) is 4.60. The van der Waals surface area contributed by atoms with E-state index in [0.29, 0.717) is 4.47 Å². The molecule has 9 heteroatoms. The third kappa shape index (κ3) is 5.47. The second-order valence-electron chi connectivity index (χ2n) is 3.75. The highest BCUT2D eigenvalue weighted by Crippen LogP contribution is 2.23. The summed E-state index contributed by atoms with van der Waals surface area (Å²) in [7, 11) is 0. The number of benzene rings is 1. The summed E-state index contributed by atoms with van der Waals surface area (Å²) >= 11 is 3.06. The van der Waals surface area contributed by atoms with Crippen molar-refractivity contribution in [2.45, 2.75) is 12.6 Å². The Morgan fingerprint density at radius 2 is 1.95 bits per heavy atom. The number of hydrogen-bond acceptors (Lipinski definition) is 2. The molecule has 0 aromatic heterocycles. The number of carbonyl (C=O) groups is 2. The molecule has 1 rings (SSSR count). The number of carboxylic acid groups (broad SMARTS) is 1. The number of urea groups is 1. The SMILES string of the molecule is O=C(NCCC(F)(F)F)Nc1ccc(C(=O)O)cc1Br. The molecule has 0 bridgehead atoms. The summed E-state index contributed by atoms with van der Waals surface area (Å²) in [4.78, 5) is 22.0. The first-order valence-corrected chi connectivity index (χ1v) is 6.13. The Morgan fingerprint density at radius 1 is 1.30 bits per heavy atom. The number of nitrogens with one attached hydrogen (secondary N) is 2. The standard InChI is InChI=1S/C11H10BrF3N2O3/c12-7-5-6(9(18)19)1-2-8(7)17-10(20)16-4-3-11(13,14)15/h1-2,5H,3-4H2,(H,18,19)(H2,16,17,20). The monoisotopic (exact) mass is 354 g/mol. The second kappa shape index (κ2) is 6.60. The number of carboxylic acids is 1. The third-order valence-electron chi connectivity index (χ3n) is 2.16. The molecule has 0 aliphatic rings. The molecule has 110 valence electrons. The van der Waals surface area contributed by atoms with E-state index in [-0.39, 0.29) is 11.3 Å². The van der Waals surface area contributed by atoms with Gasteiger partial charge in [0.15, 0.2) is 0 Å². The van der Waals surface area contributed by atoms with Gasteiger partial charge in [-0.2, -0.15) is 13.2 Å². The van der Waals surface area contributed by atoms with Crippen LogP contribution in [0.5, 0.6) is 0 Å². The smallest absolute Gasteiger partial charge is 0.390 e. The Hall–Kier alpha value is -1.77. The molecule has 0 radical (unpaired) electrons. The predicted molar refractivity (Wildman–Crippen MR) is 68.8 cm³/mol. The van der Waals surface area contributed by atoms with Gasteiger partial charge in [0.1, 0.15) is 0 Å². The number of halogens is 4. The summed E-state index contributed by atoms with van der Waals surface area (Å²) in [6.07, 6.45) is -5.46. The van der Waals surface area contributed by atoms with Crippen LogP contribution in [0.25, 0.3) is 0 Å². The number of alkyl halides is 3. The molecule has 0 heterocycles. The molecular weight excluding hydrogens is 345 g/mol. The molecule has 3 N–H and O–H groups in total. The van der Waals surface area contributed by atoms with Gasteiger partial charge in [0.05, 0.1) is 17.7 Å². The molecule has 0 aliphatic heterocycles. The van der Waals surface area contributed by atoms with Gasteiger partial charge >= 0.3 is 18.2 Å². The fourth-order valence-electron chi connectivity index (χ4n) is 1.23. The highest BCUT2D eigenvalue weighted by atomic mass is 79.9. The average Bonchev–Trinajstić information content (AvgIpc) is 2.29. The number of anilines is 1. The predicted octanol–water partition coefficient (Wildman–Crippen LogP) is 3.22. The van der Waals surface area contributed by atoms with Gasteiger partial charge in [0.25, 0.3) is 0 Å². The van der Waals surface area contributed by atoms with Crippen LogP contribution < -0.4 is 10.6 Å². The van der Waals surface area contributed by atoms with Crippen molar-refractivity contribution in [3.8, 4) is 0 Å². The van der Waals surface area contributed by atoms with Gasteiger partial charge in [-0.3, -0.25) is 0 Å². The molecule has 2 amide bonds. The number of carbonyl (C=O) groups excluding carboxylic acids is 1. The van der Waals surface area contributed by atoms with Crippen molar-refractivity contribution in [3.63, 3.8) is 0 Å². The number of aromatic carboxylic acids is 1. The van der Waals surface area contributed by atoms with Crippen LogP contribution in [-0.4, -0.2) is 29.8 Å². The van der Waals surface area contributed by atoms with Crippen molar-refractivity contribution in [3.05, 3.63) is 28.2 Å². The average molecular weight is 355 g/mol. The van der Waals surface area contributed by atoms with Crippen molar-refractivity contribution in [2.75, 3.05) is 11.9 Å². The van der Waals surface area contributed by atoms with Crippen LogP contribution in [0.4, 0.5) is 23.7 Å². The molecule has 0 saturated carbocycles. The third-order valence-corrected chi connectivity index (χ3v) is 2.81. The zero-order chi connectivity index (χ0) is 15.3. The minimum Gasteiger partial charge on any atom is -0.478 e. The maximum atomic E-state index is 11.9. The van der Waals surface area contributed by atoms with Crippen LogP contribution in [0, 0.1) is 0 Å². The van der Waals surface area contributed by atoms with Crippen molar-refractivity contribution in [1.82, 2.24) is 5.32 Å². The van der Waals surface area contributed by atoms with E-state index < -0.39 is 31.1 Å². The van der Waals surface area contributed by atoms with Crippen molar-refractivity contribution >= 4 is 33.6 Å². The molecule has 0 fully saturated rings. The Labute approximate surface area is 120 Å². The lowest BCUT2D eigenvalue weighted by Gasteiger charge is -2.10. The van der Waals surface area contributed by atoms with E-state index in [1.54, 1.807) is 0 Å². The molecule has 1 aromatic carbocycles. The lowest BCUT2D eigenvalue weighted by atomic mass is 10.2. The molecule has 5 nitrogen and oxygen atoms in total. The number of hydrogen-bond donors (Lipinski definition) is 3. The molecular formula is C11H10BrF3N2O3. The van der Waals surface area contributed by atoms with Crippen molar-refractivity contribution < 1.29 is 27.9 Å². The van der Waals surface area contributed by atoms with E-state index in [9.17, 15) is 22.8 Å². The molecule has 0 unspecified atom stereocenters. The zero-order valence-electron chi connectivity index (χ0n) is 9.92. The van der Waals surface area contributed by atoms with Crippen molar-refractivity contribution in [2.24, 2.45) is 0 Å². The van der Waals surface area contributed by atoms with E-state index in [0.717, 1.165) is 0 Å². The lowest BCUT2D eigenvalue weighted by molar-refractivity contribution is -0.132. The van der Waals surface area contributed by atoms with Crippen LogP contribution in [0.15, 0.2) is 22.7 Å². The van der Waals surface area contributed by atoms with Crippen LogP contribution in [0.1, 0.15) is 16.8 Å². The molecule has 20 heavy (non-hydrogen) atoms. The summed E-state index contributed by atoms with van der Waals surface area (Å²) in [5.74, 6) is -1.13.